The van der Waals surface area contributed by atoms with Gasteiger partial charge in [-0.05, 0) is 11.6 Å². The Morgan fingerprint density at radius 2 is 1.80 bits per heavy atom. The lowest BCUT2D eigenvalue weighted by Crippen LogP contribution is -2.33. The van der Waals surface area contributed by atoms with Gasteiger partial charge in [0, 0.05) is 6.07 Å². The van der Waals surface area contributed by atoms with Crippen molar-refractivity contribution in [2.75, 3.05) is 0 Å². The van der Waals surface area contributed by atoms with E-state index in [1.54, 1.807) is 30.3 Å². The van der Waals surface area contributed by atoms with E-state index in [1.807, 2.05) is 0 Å². The molecule has 0 saturated carbocycles. The number of amides is 1. The molecule has 1 heterocycles. The van der Waals surface area contributed by atoms with Crippen molar-refractivity contribution in [3.05, 3.63) is 70.3 Å². The van der Waals surface area contributed by atoms with Crippen LogP contribution in [0.25, 0.3) is 0 Å². The van der Waals surface area contributed by atoms with E-state index in [0.29, 0.717) is 5.56 Å². The van der Waals surface area contributed by atoms with Crippen LogP contribution in [0.5, 0.6) is 0 Å². The highest BCUT2D eigenvalue weighted by atomic mass is 16.4. The van der Waals surface area contributed by atoms with Crippen molar-refractivity contribution >= 4 is 11.9 Å². The normalized spacial score (nSPS) is 11.6. The summed E-state index contributed by atoms with van der Waals surface area (Å²) in [4.78, 5) is 33.9. The lowest BCUT2D eigenvalue weighted by molar-refractivity contribution is -0.139. The van der Waals surface area contributed by atoms with E-state index >= 15 is 0 Å². The molecule has 0 aliphatic rings. The van der Waals surface area contributed by atoms with Gasteiger partial charge in [0.1, 0.15) is 6.26 Å². The second kappa shape index (κ2) is 5.83. The second-order valence-corrected chi connectivity index (χ2v) is 4.00. The molecule has 0 saturated heterocycles. The molecular weight excluding hydrogens is 262 g/mol. The van der Waals surface area contributed by atoms with Crippen molar-refractivity contribution in [2.45, 2.75) is 6.04 Å². The van der Waals surface area contributed by atoms with E-state index in [4.69, 9.17) is 0 Å². The second-order valence-electron chi connectivity index (χ2n) is 4.00. The summed E-state index contributed by atoms with van der Waals surface area (Å²) in [6.45, 7) is 0. The SMILES string of the molecule is O=C(N[C@H](C(=O)O)c1ccccc1)c1ccc(=O)oc1. The average Bonchev–Trinajstić information content (AvgIpc) is 2.46. The number of carboxylic acid groups (broad SMARTS) is 1. The van der Waals surface area contributed by atoms with Crippen LogP contribution in [0, 0.1) is 0 Å². The summed E-state index contributed by atoms with van der Waals surface area (Å²) in [5.41, 5.74) is -0.0584. The van der Waals surface area contributed by atoms with Gasteiger partial charge in [0.2, 0.25) is 0 Å². The molecular formula is C14H11NO5. The van der Waals surface area contributed by atoms with Gasteiger partial charge >= 0.3 is 11.6 Å². The van der Waals surface area contributed by atoms with Gasteiger partial charge in [-0.25, -0.2) is 9.59 Å². The standard InChI is InChI=1S/C14H11NO5/c16-11-7-6-10(8-20-11)13(17)15-12(14(18)19)9-4-2-1-3-5-9/h1-8,12H,(H,15,17)(H,18,19)/t12-/m0/s1. The highest BCUT2D eigenvalue weighted by Crippen LogP contribution is 2.13. The summed E-state index contributed by atoms with van der Waals surface area (Å²) in [7, 11) is 0. The predicted molar refractivity (Wildman–Crippen MR) is 69.3 cm³/mol. The number of nitrogens with one attached hydrogen (secondary N) is 1. The maximum atomic E-state index is 11.9. The van der Waals surface area contributed by atoms with Gasteiger partial charge in [-0.15, -0.1) is 0 Å². The van der Waals surface area contributed by atoms with Gasteiger partial charge in [-0.3, -0.25) is 4.79 Å². The molecule has 1 amide bonds. The summed E-state index contributed by atoms with van der Waals surface area (Å²) in [5.74, 6) is -1.81. The molecule has 102 valence electrons. The van der Waals surface area contributed by atoms with Crippen molar-refractivity contribution < 1.29 is 19.1 Å². The van der Waals surface area contributed by atoms with E-state index in [0.717, 1.165) is 12.3 Å². The maximum Gasteiger partial charge on any atom is 0.335 e. The zero-order valence-corrected chi connectivity index (χ0v) is 10.3. The van der Waals surface area contributed by atoms with Crippen molar-refractivity contribution in [3.63, 3.8) is 0 Å². The van der Waals surface area contributed by atoms with E-state index in [9.17, 15) is 19.5 Å². The number of hydrogen-bond acceptors (Lipinski definition) is 4. The number of aliphatic carboxylic acids is 1. The van der Waals surface area contributed by atoms with Crippen LogP contribution in [-0.4, -0.2) is 17.0 Å². The van der Waals surface area contributed by atoms with Crippen molar-refractivity contribution in [1.82, 2.24) is 5.32 Å². The third kappa shape index (κ3) is 3.11. The zero-order chi connectivity index (χ0) is 14.5. The van der Waals surface area contributed by atoms with Gasteiger partial charge in [-0.2, -0.15) is 0 Å². The summed E-state index contributed by atoms with van der Waals surface area (Å²) >= 11 is 0. The first kappa shape index (κ1) is 13.5. The number of carbonyl (C=O) groups excluding carboxylic acids is 1. The summed E-state index contributed by atoms with van der Waals surface area (Å²) in [6, 6.07) is 9.50. The molecule has 0 aliphatic heterocycles. The molecule has 1 atom stereocenters. The molecule has 6 heteroatoms. The maximum absolute atomic E-state index is 11.9. The Hall–Kier alpha value is -2.89. The van der Waals surface area contributed by atoms with Gasteiger partial charge in [-0.1, -0.05) is 30.3 Å². The topological polar surface area (TPSA) is 96.6 Å². The molecule has 0 bridgehead atoms. The molecule has 20 heavy (non-hydrogen) atoms. The number of hydrogen-bond donors (Lipinski definition) is 2. The molecule has 1 aromatic carbocycles. The highest BCUT2D eigenvalue weighted by molar-refractivity contribution is 5.96. The fourth-order valence-electron chi connectivity index (χ4n) is 1.63. The van der Waals surface area contributed by atoms with Crippen LogP contribution in [0.15, 0.2) is 57.9 Å². The van der Waals surface area contributed by atoms with Crippen LogP contribution in [0.2, 0.25) is 0 Å². The van der Waals surface area contributed by atoms with Gasteiger partial charge in [0.05, 0.1) is 5.56 Å². The third-order valence-corrected chi connectivity index (χ3v) is 2.62. The Morgan fingerprint density at radius 3 is 2.35 bits per heavy atom. The highest BCUT2D eigenvalue weighted by Gasteiger charge is 2.22. The van der Waals surface area contributed by atoms with E-state index < -0.39 is 23.5 Å². The summed E-state index contributed by atoms with van der Waals surface area (Å²) in [5, 5.41) is 11.5. The molecule has 2 aromatic rings. The third-order valence-electron chi connectivity index (χ3n) is 2.62. The van der Waals surface area contributed by atoms with Crippen molar-refractivity contribution in [3.8, 4) is 0 Å². The fraction of sp³-hybridized carbons (Fsp3) is 0.0714. The average molecular weight is 273 g/mol. The largest absolute Gasteiger partial charge is 0.479 e. The molecule has 0 unspecified atom stereocenters. The lowest BCUT2D eigenvalue weighted by atomic mass is 10.1. The molecule has 1 aromatic heterocycles. The minimum absolute atomic E-state index is 0.0757. The molecule has 0 aliphatic carbocycles. The van der Waals surface area contributed by atoms with Crippen LogP contribution >= 0.6 is 0 Å². The monoisotopic (exact) mass is 273 g/mol. The minimum Gasteiger partial charge on any atom is -0.479 e. The van der Waals surface area contributed by atoms with Crippen LogP contribution in [0.1, 0.15) is 22.0 Å². The number of carboxylic acids is 1. The minimum atomic E-state index is -1.18. The van der Waals surface area contributed by atoms with Gasteiger partial charge in [0.25, 0.3) is 5.91 Å². The van der Waals surface area contributed by atoms with Crippen molar-refractivity contribution in [1.29, 1.82) is 0 Å². The van der Waals surface area contributed by atoms with E-state index in [2.05, 4.69) is 9.73 Å². The summed E-state index contributed by atoms with van der Waals surface area (Å²) in [6.07, 6.45) is 0.988. The molecule has 2 rings (SSSR count). The van der Waals surface area contributed by atoms with Gasteiger partial charge in [0.15, 0.2) is 6.04 Å². The van der Waals surface area contributed by atoms with Gasteiger partial charge < -0.3 is 14.8 Å². The Labute approximate surface area is 113 Å². The Morgan fingerprint density at radius 1 is 1.10 bits per heavy atom. The first-order valence-corrected chi connectivity index (χ1v) is 5.75. The first-order chi connectivity index (χ1) is 9.58. The Kier molecular flexibility index (Phi) is 3.95. The van der Waals surface area contributed by atoms with Crippen LogP contribution < -0.4 is 10.9 Å². The molecule has 2 N–H and O–H groups in total. The smallest absolute Gasteiger partial charge is 0.335 e. The molecule has 6 nitrogen and oxygen atoms in total. The number of carbonyl (C=O) groups is 2. The van der Waals surface area contributed by atoms with E-state index in [1.165, 1.54) is 6.07 Å². The Bertz CT molecular complexity index is 657. The first-order valence-electron chi connectivity index (χ1n) is 5.75. The zero-order valence-electron chi connectivity index (χ0n) is 10.3. The van der Waals surface area contributed by atoms with E-state index in [-0.39, 0.29) is 5.56 Å². The van der Waals surface area contributed by atoms with Crippen LogP contribution in [-0.2, 0) is 4.79 Å². The Balaban J connectivity index is 2.21. The molecule has 0 radical (unpaired) electrons. The quantitative estimate of drug-likeness (QED) is 0.872. The van der Waals surface area contributed by atoms with Crippen LogP contribution in [0.3, 0.4) is 0 Å². The predicted octanol–water partition coefficient (Wildman–Crippen LogP) is 1.20. The molecule has 0 fully saturated rings. The summed E-state index contributed by atoms with van der Waals surface area (Å²) < 4.78 is 4.56. The van der Waals surface area contributed by atoms with Crippen LogP contribution in [0.4, 0.5) is 0 Å². The fourth-order valence-corrected chi connectivity index (χ4v) is 1.63. The molecule has 0 spiro atoms. The number of rotatable bonds is 4. The lowest BCUT2D eigenvalue weighted by Gasteiger charge is -2.14. The van der Waals surface area contributed by atoms with Crippen molar-refractivity contribution in [2.24, 2.45) is 0 Å². The number of benzene rings is 1.